The van der Waals surface area contributed by atoms with Gasteiger partial charge in [0, 0.05) is 11.5 Å². The third kappa shape index (κ3) is 4.14. The molecule has 0 aliphatic rings. The fourth-order valence-electron chi connectivity index (χ4n) is 2.79. The number of aromatic hydroxyl groups is 1. The number of rotatable bonds is 7. The Balaban J connectivity index is 2.01. The van der Waals surface area contributed by atoms with E-state index in [0.717, 1.165) is 17.3 Å². The lowest BCUT2D eigenvalue weighted by Gasteiger charge is -2.19. The van der Waals surface area contributed by atoms with Gasteiger partial charge < -0.3 is 20.3 Å². The van der Waals surface area contributed by atoms with Crippen LogP contribution in [-0.2, 0) is 14.3 Å². The van der Waals surface area contributed by atoms with Crippen molar-refractivity contribution in [2.24, 2.45) is 5.73 Å². The molecule has 3 N–H and O–H groups in total. The molecule has 27 heavy (non-hydrogen) atoms. The Labute approximate surface area is 158 Å². The maximum Gasteiger partial charge on any atom is 0.306 e. The zero-order valence-electron chi connectivity index (χ0n) is 14.4. The molecule has 1 unspecified atom stereocenters. The predicted octanol–water partition coefficient (Wildman–Crippen LogP) is 1.96. The molecule has 3 aromatic rings. The van der Waals surface area contributed by atoms with E-state index in [1.165, 1.54) is 13.2 Å². The van der Waals surface area contributed by atoms with E-state index < -0.39 is 17.8 Å². The number of primary amides is 1. The molecule has 1 atom stereocenters. The highest BCUT2D eigenvalue weighted by molar-refractivity contribution is 7.00. The maximum absolute atomic E-state index is 12.0. The number of amides is 1. The first-order valence-electron chi connectivity index (χ1n) is 8.01. The molecule has 0 aliphatic heterocycles. The van der Waals surface area contributed by atoms with Gasteiger partial charge in [-0.2, -0.15) is 8.75 Å². The zero-order chi connectivity index (χ0) is 19.4. The normalized spacial score (nSPS) is 11.9. The van der Waals surface area contributed by atoms with Crippen LogP contribution in [0.3, 0.4) is 0 Å². The quantitative estimate of drug-likeness (QED) is 0.594. The Morgan fingerprint density at radius 2 is 1.93 bits per heavy atom. The van der Waals surface area contributed by atoms with E-state index in [9.17, 15) is 14.7 Å². The van der Waals surface area contributed by atoms with Gasteiger partial charge in [0.1, 0.15) is 22.5 Å². The summed E-state index contributed by atoms with van der Waals surface area (Å²) in [6.45, 7) is -0.227. The molecule has 0 radical (unpaired) electrons. The molecule has 3 rings (SSSR count). The Morgan fingerprint density at radius 3 is 2.59 bits per heavy atom. The fourth-order valence-corrected chi connectivity index (χ4v) is 3.34. The molecule has 1 amide bonds. The average Bonchev–Trinajstić information content (AvgIpc) is 3.14. The summed E-state index contributed by atoms with van der Waals surface area (Å²) in [7, 11) is 1.31. The van der Waals surface area contributed by atoms with Crippen LogP contribution in [0.2, 0.25) is 0 Å². The largest absolute Gasteiger partial charge is 0.508 e. The number of carbonyl (C=O) groups excluding carboxylic acids is 2. The molecule has 0 spiro atoms. The Bertz CT molecular complexity index is 971. The van der Waals surface area contributed by atoms with E-state index in [1.807, 2.05) is 0 Å². The molecule has 140 valence electrons. The van der Waals surface area contributed by atoms with Gasteiger partial charge in [0.25, 0.3) is 5.91 Å². The zero-order valence-corrected chi connectivity index (χ0v) is 15.2. The third-order valence-corrected chi connectivity index (χ3v) is 4.60. The van der Waals surface area contributed by atoms with Crippen LogP contribution in [-0.4, -0.2) is 39.4 Å². The van der Waals surface area contributed by atoms with Crippen molar-refractivity contribution in [1.29, 1.82) is 0 Å². The summed E-state index contributed by atoms with van der Waals surface area (Å²) in [6.07, 6.45) is 0.0161. The van der Waals surface area contributed by atoms with Gasteiger partial charge in [-0.15, -0.1) is 0 Å². The Hall–Kier alpha value is -3.20. The van der Waals surface area contributed by atoms with E-state index >= 15 is 0 Å². The van der Waals surface area contributed by atoms with Crippen LogP contribution in [0, 0.1) is 0 Å². The molecule has 0 bridgehead atoms. The highest BCUT2D eigenvalue weighted by Gasteiger charge is 2.25. The Morgan fingerprint density at radius 1 is 1.19 bits per heavy atom. The van der Waals surface area contributed by atoms with Gasteiger partial charge in [-0.25, -0.2) is 0 Å². The van der Waals surface area contributed by atoms with Crippen LogP contribution < -0.4 is 10.5 Å². The van der Waals surface area contributed by atoms with Gasteiger partial charge in [0.05, 0.1) is 25.3 Å². The summed E-state index contributed by atoms with van der Waals surface area (Å²) in [6, 6.07) is 10.0. The van der Waals surface area contributed by atoms with Crippen molar-refractivity contribution < 1.29 is 24.2 Å². The van der Waals surface area contributed by atoms with Crippen LogP contribution in [0.5, 0.6) is 11.5 Å². The minimum Gasteiger partial charge on any atom is -0.508 e. The third-order valence-electron chi connectivity index (χ3n) is 4.05. The van der Waals surface area contributed by atoms with Crippen LogP contribution in [0.15, 0.2) is 36.4 Å². The second-order valence-corrected chi connectivity index (χ2v) is 6.32. The molecule has 9 heteroatoms. The number of ether oxygens (including phenoxy) is 2. The van der Waals surface area contributed by atoms with Crippen molar-refractivity contribution in [2.75, 3.05) is 13.7 Å². The second kappa shape index (κ2) is 8.00. The summed E-state index contributed by atoms with van der Waals surface area (Å²) < 4.78 is 18.5. The molecule has 2 aromatic carbocycles. The lowest BCUT2D eigenvalue weighted by atomic mass is 9.87. The first-order chi connectivity index (χ1) is 13.0. The number of hydrogen-bond donors (Lipinski definition) is 2. The van der Waals surface area contributed by atoms with Crippen LogP contribution in [0.4, 0.5) is 0 Å². The number of hydrogen-bond acceptors (Lipinski definition) is 8. The number of esters is 1. The van der Waals surface area contributed by atoms with E-state index in [1.54, 1.807) is 30.3 Å². The molecule has 8 nitrogen and oxygen atoms in total. The molecule has 0 saturated carbocycles. The summed E-state index contributed by atoms with van der Waals surface area (Å²) in [4.78, 5) is 22.8. The molecule has 0 aliphatic carbocycles. The lowest BCUT2D eigenvalue weighted by molar-refractivity contribution is -0.140. The highest BCUT2D eigenvalue weighted by atomic mass is 32.1. The number of methoxy groups -OCH3 is 1. The first-order valence-corrected chi connectivity index (χ1v) is 8.74. The summed E-state index contributed by atoms with van der Waals surface area (Å²) in [5.74, 6) is -0.996. The standard InChI is InChI=1S/C18H17N3O5S/c1-25-16(24)8-12(10-2-4-11(5-3-10)26-9-15(19)23)17-14(22)7-6-13-18(17)21-27-20-13/h2-7,12,22H,8-9H2,1H3,(H2,19,23). The minimum absolute atomic E-state index is 0.0161. The summed E-state index contributed by atoms with van der Waals surface area (Å²) >= 11 is 1.03. The van der Waals surface area contributed by atoms with E-state index in [4.69, 9.17) is 15.2 Å². The summed E-state index contributed by atoms with van der Waals surface area (Å²) in [5, 5.41) is 10.5. The first kappa shape index (κ1) is 18.6. The maximum atomic E-state index is 12.0. The fraction of sp³-hybridized carbons (Fsp3) is 0.222. The van der Waals surface area contributed by atoms with E-state index in [0.29, 0.717) is 22.3 Å². The van der Waals surface area contributed by atoms with Crippen molar-refractivity contribution in [3.8, 4) is 11.5 Å². The smallest absolute Gasteiger partial charge is 0.306 e. The number of nitrogens with zero attached hydrogens (tertiary/aromatic N) is 2. The minimum atomic E-state index is -0.574. The number of benzene rings is 2. The topological polar surface area (TPSA) is 125 Å². The van der Waals surface area contributed by atoms with Crippen LogP contribution in [0.25, 0.3) is 11.0 Å². The van der Waals surface area contributed by atoms with Gasteiger partial charge in [-0.3, -0.25) is 9.59 Å². The van der Waals surface area contributed by atoms with Gasteiger partial charge in [0.15, 0.2) is 6.61 Å². The van der Waals surface area contributed by atoms with Crippen molar-refractivity contribution >= 4 is 34.6 Å². The van der Waals surface area contributed by atoms with Gasteiger partial charge in [-0.05, 0) is 29.8 Å². The average molecular weight is 387 g/mol. The van der Waals surface area contributed by atoms with E-state index in [-0.39, 0.29) is 18.8 Å². The van der Waals surface area contributed by atoms with Gasteiger partial charge in [0.2, 0.25) is 0 Å². The number of phenolic OH excluding ortho intramolecular Hbond substituents is 1. The molecular weight excluding hydrogens is 370 g/mol. The van der Waals surface area contributed by atoms with Crippen LogP contribution >= 0.6 is 11.7 Å². The number of fused-ring (bicyclic) bond motifs is 1. The van der Waals surface area contributed by atoms with Gasteiger partial charge in [-0.1, -0.05) is 12.1 Å². The molecule has 1 aromatic heterocycles. The second-order valence-electron chi connectivity index (χ2n) is 5.79. The van der Waals surface area contributed by atoms with E-state index in [2.05, 4.69) is 8.75 Å². The van der Waals surface area contributed by atoms with Crippen molar-refractivity contribution in [3.63, 3.8) is 0 Å². The SMILES string of the molecule is COC(=O)CC(c1ccc(OCC(N)=O)cc1)c1c(O)ccc2nsnc12. The monoisotopic (exact) mass is 387 g/mol. The van der Waals surface area contributed by atoms with Crippen molar-refractivity contribution in [3.05, 3.63) is 47.5 Å². The molecule has 0 fully saturated rings. The lowest BCUT2D eigenvalue weighted by Crippen LogP contribution is -2.20. The number of phenols is 1. The highest BCUT2D eigenvalue weighted by Crippen LogP contribution is 2.39. The van der Waals surface area contributed by atoms with Crippen molar-refractivity contribution in [2.45, 2.75) is 12.3 Å². The number of carbonyl (C=O) groups is 2. The molecule has 0 saturated heterocycles. The molecule has 1 heterocycles. The summed E-state index contributed by atoms with van der Waals surface area (Å²) in [5.41, 5.74) is 7.52. The number of aromatic nitrogens is 2. The van der Waals surface area contributed by atoms with Crippen LogP contribution in [0.1, 0.15) is 23.5 Å². The predicted molar refractivity (Wildman–Crippen MR) is 98.7 cm³/mol. The number of nitrogens with two attached hydrogens (primary N) is 1. The molecular formula is C18H17N3O5S. The van der Waals surface area contributed by atoms with Gasteiger partial charge >= 0.3 is 5.97 Å². The van der Waals surface area contributed by atoms with Crippen molar-refractivity contribution in [1.82, 2.24) is 8.75 Å². The Kier molecular flexibility index (Phi) is 5.51.